The molecule has 1 aliphatic heterocycles. The molecule has 1 aliphatic rings. The predicted molar refractivity (Wildman–Crippen MR) is 56.1 cm³/mol. The third-order valence-corrected chi connectivity index (χ3v) is 2.90. The molecule has 3 heteroatoms. The zero-order chi connectivity index (χ0) is 9.38. The highest BCUT2D eigenvalue weighted by Gasteiger charge is 2.19. The molecular weight excluding hydrogens is 174 g/mol. The molecule has 0 bridgehead atoms. The summed E-state index contributed by atoms with van der Waals surface area (Å²) >= 11 is 0. The van der Waals surface area contributed by atoms with Crippen LogP contribution in [-0.4, -0.2) is 16.7 Å². The molecule has 2 heterocycles. The van der Waals surface area contributed by atoms with Crippen LogP contribution in [0.4, 0.5) is 0 Å². The number of benzene rings is 1. The Kier molecular flexibility index (Phi) is 1.77. The molecule has 14 heavy (non-hydrogen) atoms. The van der Waals surface area contributed by atoms with E-state index in [2.05, 4.69) is 27.6 Å². The van der Waals surface area contributed by atoms with Gasteiger partial charge < -0.3 is 5.32 Å². The van der Waals surface area contributed by atoms with Crippen molar-refractivity contribution in [2.45, 2.75) is 18.9 Å². The van der Waals surface area contributed by atoms with Gasteiger partial charge in [-0.1, -0.05) is 18.2 Å². The van der Waals surface area contributed by atoms with Crippen LogP contribution in [0.3, 0.4) is 0 Å². The molecule has 2 aromatic rings. The van der Waals surface area contributed by atoms with Gasteiger partial charge in [0.15, 0.2) is 0 Å². The summed E-state index contributed by atoms with van der Waals surface area (Å²) in [4.78, 5) is 0. The topological polar surface area (TPSA) is 40.7 Å². The fourth-order valence-electron chi connectivity index (χ4n) is 2.18. The monoisotopic (exact) mass is 187 g/mol. The van der Waals surface area contributed by atoms with Crippen LogP contribution < -0.4 is 5.32 Å². The van der Waals surface area contributed by atoms with Crippen LogP contribution in [0.2, 0.25) is 0 Å². The normalized spacial score (nSPS) is 21.9. The van der Waals surface area contributed by atoms with Gasteiger partial charge in [-0.15, -0.1) is 0 Å². The van der Waals surface area contributed by atoms with Crippen molar-refractivity contribution >= 4 is 10.9 Å². The van der Waals surface area contributed by atoms with Crippen molar-refractivity contribution in [1.29, 1.82) is 0 Å². The van der Waals surface area contributed by atoms with Gasteiger partial charge in [0.2, 0.25) is 0 Å². The summed E-state index contributed by atoms with van der Waals surface area (Å²) in [6.45, 7) is 1.12. The fourth-order valence-corrected chi connectivity index (χ4v) is 2.18. The van der Waals surface area contributed by atoms with Crippen LogP contribution in [0.1, 0.15) is 24.6 Å². The van der Waals surface area contributed by atoms with Crippen LogP contribution >= 0.6 is 0 Å². The lowest BCUT2D eigenvalue weighted by Crippen LogP contribution is -2.13. The molecule has 0 saturated carbocycles. The molecule has 3 rings (SSSR count). The first kappa shape index (κ1) is 8.00. The van der Waals surface area contributed by atoms with Crippen LogP contribution in [0.5, 0.6) is 0 Å². The number of H-pyrrole nitrogens is 1. The van der Waals surface area contributed by atoms with Gasteiger partial charge in [0.25, 0.3) is 0 Å². The Morgan fingerprint density at radius 2 is 2.21 bits per heavy atom. The molecule has 2 N–H and O–H groups in total. The van der Waals surface area contributed by atoms with Gasteiger partial charge in [0.1, 0.15) is 0 Å². The molecule has 0 amide bonds. The highest BCUT2D eigenvalue weighted by molar-refractivity contribution is 5.81. The van der Waals surface area contributed by atoms with Gasteiger partial charge in [0, 0.05) is 11.4 Å². The van der Waals surface area contributed by atoms with Gasteiger partial charge >= 0.3 is 0 Å². The van der Waals surface area contributed by atoms with Crippen LogP contribution in [0, 0.1) is 0 Å². The van der Waals surface area contributed by atoms with Crippen molar-refractivity contribution in [3.8, 4) is 0 Å². The fraction of sp³-hybridized carbons (Fsp3) is 0.364. The third kappa shape index (κ3) is 1.13. The Hall–Kier alpha value is -1.35. The maximum absolute atomic E-state index is 4.30. The maximum atomic E-state index is 4.30. The molecule has 1 atom stereocenters. The van der Waals surface area contributed by atoms with Crippen LogP contribution in [0.15, 0.2) is 24.3 Å². The van der Waals surface area contributed by atoms with E-state index in [-0.39, 0.29) is 0 Å². The van der Waals surface area contributed by atoms with Crippen molar-refractivity contribution in [3.63, 3.8) is 0 Å². The first-order chi connectivity index (χ1) is 6.95. The van der Waals surface area contributed by atoms with E-state index in [1.807, 2.05) is 12.1 Å². The number of fused-ring (bicyclic) bond motifs is 1. The number of rotatable bonds is 1. The van der Waals surface area contributed by atoms with E-state index in [1.165, 1.54) is 23.9 Å². The molecule has 0 unspecified atom stereocenters. The minimum absolute atomic E-state index is 0.474. The number of hydrogen-bond acceptors (Lipinski definition) is 2. The van der Waals surface area contributed by atoms with E-state index in [9.17, 15) is 0 Å². The van der Waals surface area contributed by atoms with E-state index in [0.29, 0.717) is 6.04 Å². The van der Waals surface area contributed by atoms with E-state index in [1.54, 1.807) is 0 Å². The molecular formula is C11H13N3. The van der Waals surface area contributed by atoms with E-state index < -0.39 is 0 Å². The summed E-state index contributed by atoms with van der Waals surface area (Å²) < 4.78 is 0. The Balaban J connectivity index is 2.11. The van der Waals surface area contributed by atoms with Crippen molar-refractivity contribution in [3.05, 3.63) is 30.0 Å². The number of aromatic nitrogens is 2. The van der Waals surface area contributed by atoms with Gasteiger partial charge in [-0.05, 0) is 25.5 Å². The Morgan fingerprint density at radius 1 is 1.29 bits per heavy atom. The van der Waals surface area contributed by atoms with Crippen molar-refractivity contribution in [2.24, 2.45) is 0 Å². The highest BCUT2D eigenvalue weighted by Crippen LogP contribution is 2.27. The summed E-state index contributed by atoms with van der Waals surface area (Å²) in [5.41, 5.74) is 2.31. The molecule has 1 aromatic carbocycles. The van der Waals surface area contributed by atoms with Crippen LogP contribution in [-0.2, 0) is 0 Å². The van der Waals surface area contributed by atoms with E-state index in [0.717, 1.165) is 12.1 Å². The second kappa shape index (κ2) is 3.10. The summed E-state index contributed by atoms with van der Waals surface area (Å²) in [6.07, 6.45) is 2.48. The average molecular weight is 187 g/mol. The standard InChI is InChI=1S/C11H13N3/c1-2-5-9-8(4-1)11(14-13-9)10-6-3-7-12-10/h1-2,4-5,10,12H,3,6-7H2,(H,13,14)/t10-/m0/s1. The highest BCUT2D eigenvalue weighted by atomic mass is 15.1. The van der Waals surface area contributed by atoms with Gasteiger partial charge in [-0.25, -0.2) is 0 Å². The molecule has 1 aromatic heterocycles. The minimum Gasteiger partial charge on any atom is -0.309 e. The van der Waals surface area contributed by atoms with Crippen molar-refractivity contribution in [1.82, 2.24) is 15.5 Å². The lowest BCUT2D eigenvalue weighted by molar-refractivity contribution is 0.629. The molecule has 1 saturated heterocycles. The third-order valence-electron chi connectivity index (χ3n) is 2.90. The SMILES string of the molecule is c1ccc2c([C@@H]3CCCN3)[nH]nc2c1. The molecule has 0 radical (unpaired) electrons. The average Bonchev–Trinajstić information content (AvgIpc) is 2.85. The quantitative estimate of drug-likeness (QED) is 0.716. The van der Waals surface area contributed by atoms with Crippen molar-refractivity contribution in [2.75, 3.05) is 6.54 Å². The molecule has 0 spiro atoms. The maximum Gasteiger partial charge on any atom is 0.0924 e. The van der Waals surface area contributed by atoms with Crippen molar-refractivity contribution < 1.29 is 0 Å². The van der Waals surface area contributed by atoms with Gasteiger partial charge in [0.05, 0.1) is 11.2 Å². The number of para-hydroxylation sites is 1. The number of nitrogens with zero attached hydrogens (tertiary/aromatic N) is 1. The zero-order valence-corrected chi connectivity index (χ0v) is 7.96. The summed E-state index contributed by atoms with van der Waals surface area (Å²) in [5, 5.41) is 12.2. The summed E-state index contributed by atoms with van der Waals surface area (Å²) in [7, 11) is 0. The number of hydrogen-bond donors (Lipinski definition) is 2. The van der Waals surface area contributed by atoms with Gasteiger partial charge in [-0.3, -0.25) is 5.10 Å². The first-order valence-electron chi connectivity index (χ1n) is 5.11. The Morgan fingerprint density at radius 3 is 3.07 bits per heavy atom. The lowest BCUT2D eigenvalue weighted by Gasteiger charge is -2.07. The molecule has 72 valence electrons. The van der Waals surface area contributed by atoms with Gasteiger partial charge in [-0.2, -0.15) is 5.10 Å². The largest absolute Gasteiger partial charge is 0.309 e. The Labute approximate surface area is 82.5 Å². The summed E-state index contributed by atoms with van der Waals surface area (Å²) in [6, 6.07) is 8.74. The van der Waals surface area contributed by atoms with E-state index >= 15 is 0 Å². The second-order valence-corrected chi connectivity index (χ2v) is 3.80. The smallest absolute Gasteiger partial charge is 0.0924 e. The number of aromatic amines is 1. The first-order valence-corrected chi connectivity index (χ1v) is 5.11. The van der Waals surface area contributed by atoms with Crippen LogP contribution in [0.25, 0.3) is 10.9 Å². The molecule has 1 fully saturated rings. The second-order valence-electron chi connectivity index (χ2n) is 3.80. The molecule has 0 aliphatic carbocycles. The summed E-state index contributed by atoms with van der Waals surface area (Å²) in [5.74, 6) is 0. The Bertz CT molecular complexity index is 440. The predicted octanol–water partition coefficient (Wildman–Crippen LogP) is 1.99. The zero-order valence-electron chi connectivity index (χ0n) is 7.96. The van der Waals surface area contributed by atoms with E-state index in [4.69, 9.17) is 0 Å². The molecule has 3 nitrogen and oxygen atoms in total. The minimum atomic E-state index is 0.474. The lowest BCUT2D eigenvalue weighted by atomic mass is 10.1. The number of nitrogens with one attached hydrogen (secondary N) is 2.